The Labute approximate surface area is 187 Å². The third-order valence-electron chi connectivity index (χ3n) is 4.62. The summed E-state index contributed by atoms with van der Waals surface area (Å²) < 4.78 is 10.8. The SMILES string of the molecule is COc1cc2nc(Nc3nc(C)c(C(=O)O)s3)nc(NCc3ccncc3)c2cc1OC. The van der Waals surface area contributed by atoms with E-state index >= 15 is 0 Å². The fraction of sp³-hybridized carbons (Fsp3) is 0.190. The first-order chi connectivity index (χ1) is 15.5. The minimum atomic E-state index is -1.02. The van der Waals surface area contributed by atoms with Crippen LogP contribution in [0.15, 0.2) is 36.7 Å². The largest absolute Gasteiger partial charge is 0.493 e. The summed E-state index contributed by atoms with van der Waals surface area (Å²) in [4.78, 5) is 29.0. The van der Waals surface area contributed by atoms with E-state index in [0.29, 0.717) is 40.2 Å². The van der Waals surface area contributed by atoms with Crippen LogP contribution in [0.25, 0.3) is 10.9 Å². The van der Waals surface area contributed by atoms with E-state index in [1.54, 1.807) is 39.6 Å². The molecule has 0 saturated heterocycles. The molecule has 0 spiro atoms. The normalized spacial score (nSPS) is 10.7. The van der Waals surface area contributed by atoms with Gasteiger partial charge in [0.05, 0.1) is 25.4 Å². The van der Waals surface area contributed by atoms with E-state index < -0.39 is 5.97 Å². The lowest BCUT2D eigenvalue weighted by Gasteiger charge is -2.14. The number of nitrogens with zero attached hydrogens (tertiary/aromatic N) is 4. The molecule has 32 heavy (non-hydrogen) atoms. The number of aryl methyl sites for hydroxylation is 1. The van der Waals surface area contributed by atoms with Gasteiger partial charge in [0.2, 0.25) is 5.95 Å². The Morgan fingerprint density at radius 1 is 1.09 bits per heavy atom. The summed E-state index contributed by atoms with van der Waals surface area (Å²) in [6.07, 6.45) is 3.45. The van der Waals surface area contributed by atoms with Crippen LogP contribution in [0.1, 0.15) is 20.9 Å². The van der Waals surface area contributed by atoms with Crippen molar-refractivity contribution in [2.24, 2.45) is 0 Å². The number of rotatable bonds is 8. The predicted octanol–water partition coefficient (Wildman–Crippen LogP) is 3.86. The second kappa shape index (κ2) is 9.02. The van der Waals surface area contributed by atoms with E-state index in [-0.39, 0.29) is 10.8 Å². The topological polar surface area (TPSA) is 131 Å². The maximum atomic E-state index is 11.3. The highest BCUT2D eigenvalue weighted by atomic mass is 32.1. The first-order valence-electron chi connectivity index (χ1n) is 9.52. The molecule has 11 heteroatoms. The molecular weight excluding hydrogens is 432 g/mol. The summed E-state index contributed by atoms with van der Waals surface area (Å²) in [5.41, 5.74) is 2.07. The van der Waals surface area contributed by atoms with Crippen molar-refractivity contribution in [2.45, 2.75) is 13.5 Å². The quantitative estimate of drug-likeness (QED) is 0.362. The van der Waals surface area contributed by atoms with Crippen LogP contribution >= 0.6 is 11.3 Å². The van der Waals surface area contributed by atoms with Crippen LogP contribution in [0.4, 0.5) is 16.9 Å². The fourth-order valence-electron chi connectivity index (χ4n) is 3.08. The molecule has 0 unspecified atom stereocenters. The number of anilines is 3. The number of carboxylic acid groups (broad SMARTS) is 1. The Morgan fingerprint density at radius 2 is 1.81 bits per heavy atom. The highest BCUT2D eigenvalue weighted by Gasteiger charge is 2.17. The summed E-state index contributed by atoms with van der Waals surface area (Å²) in [6.45, 7) is 2.16. The van der Waals surface area contributed by atoms with Crippen LogP contribution in [0.3, 0.4) is 0 Å². The second-order valence-electron chi connectivity index (χ2n) is 6.69. The smallest absolute Gasteiger partial charge is 0.347 e. The van der Waals surface area contributed by atoms with Crippen molar-refractivity contribution in [3.05, 3.63) is 52.8 Å². The minimum Gasteiger partial charge on any atom is -0.493 e. The average molecular weight is 452 g/mol. The molecule has 0 atom stereocenters. The number of methoxy groups -OCH3 is 2. The number of nitrogens with one attached hydrogen (secondary N) is 2. The number of hydrogen-bond donors (Lipinski definition) is 3. The van der Waals surface area contributed by atoms with Crippen molar-refractivity contribution in [3.63, 3.8) is 0 Å². The van der Waals surface area contributed by atoms with Gasteiger partial charge in [0.25, 0.3) is 0 Å². The number of carbonyl (C=O) groups is 1. The third kappa shape index (κ3) is 4.37. The van der Waals surface area contributed by atoms with Crippen LogP contribution in [-0.2, 0) is 6.54 Å². The molecule has 10 nitrogen and oxygen atoms in total. The molecule has 4 rings (SSSR count). The van der Waals surface area contributed by atoms with Gasteiger partial charge in [-0.15, -0.1) is 0 Å². The number of thiazole rings is 1. The summed E-state index contributed by atoms with van der Waals surface area (Å²) in [5.74, 6) is 0.902. The van der Waals surface area contributed by atoms with E-state index in [4.69, 9.17) is 9.47 Å². The summed E-state index contributed by atoms with van der Waals surface area (Å²) in [6, 6.07) is 7.38. The molecule has 4 aromatic rings. The Bertz CT molecular complexity index is 1280. The lowest BCUT2D eigenvalue weighted by atomic mass is 10.2. The zero-order valence-electron chi connectivity index (χ0n) is 17.5. The molecular formula is C21H20N6O4S. The highest BCUT2D eigenvalue weighted by molar-refractivity contribution is 7.17. The van der Waals surface area contributed by atoms with Crippen molar-refractivity contribution < 1.29 is 19.4 Å². The first kappa shape index (κ1) is 21.2. The molecule has 164 valence electrons. The van der Waals surface area contributed by atoms with Gasteiger partial charge >= 0.3 is 5.97 Å². The Kier molecular flexibility index (Phi) is 5.99. The van der Waals surface area contributed by atoms with Crippen molar-refractivity contribution in [1.29, 1.82) is 0 Å². The molecule has 0 aliphatic carbocycles. The van der Waals surface area contributed by atoms with Crippen molar-refractivity contribution >= 4 is 45.1 Å². The van der Waals surface area contributed by atoms with E-state index in [0.717, 1.165) is 22.3 Å². The molecule has 3 aromatic heterocycles. The van der Waals surface area contributed by atoms with Gasteiger partial charge in [-0.3, -0.25) is 10.3 Å². The summed E-state index contributed by atoms with van der Waals surface area (Å²) in [7, 11) is 3.12. The number of aromatic nitrogens is 4. The second-order valence-corrected chi connectivity index (χ2v) is 7.69. The zero-order valence-corrected chi connectivity index (χ0v) is 18.4. The predicted molar refractivity (Wildman–Crippen MR) is 121 cm³/mol. The van der Waals surface area contributed by atoms with Crippen LogP contribution in [0.5, 0.6) is 11.5 Å². The number of aromatic carboxylic acids is 1. The standard InChI is InChI=1S/C21H20N6O4S/c1-11-17(19(28)29)32-21(24-11)27-20-25-14-9-16(31-3)15(30-2)8-13(14)18(26-20)23-10-12-4-6-22-7-5-12/h4-9H,10H2,1-3H3,(H,28,29)(H2,23,24,25,26,27). The van der Waals surface area contributed by atoms with Crippen LogP contribution < -0.4 is 20.1 Å². The average Bonchev–Trinajstić information content (AvgIpc) is 3.17. The van der Waals surface area contributed by atoms with Gasteiger partial charge in [-0.1, -0.05) is 11.3 Å². The maximum Gasteiger partial charge on any atom is 0.347 e. The van der Waals surface area contributed by atoms with Crippen LogP contribution in [0.2, 0.25) is 0 Å². The van der Waals surface area contributed by atoms with Gasteiger partial charge in [-0.2, -0.15) is 4.98 Å². The van der Waals surface area contributed by atoms with Gasteiger partial charge in [0, 0.05) is 30.4 Å². The maximum absolute atomic E-state index is 11.3. The molecule has 1 aromatic carbocycles. The van der Waals surface area contributed by atoms with Gasteiger partial charge in [0.15, 0.2) is 16.6 Å². The number of benzene rings is 1. The van der Waals surface area contributed by atoms with E-state index in [9.17, 15) is 9.90 Å². The fourth-order valence-corrected chi connectivity index (χ4v) is 3.88. The summed E-state index contributed by atoms with van der Waals surface area (Å²) in [5, 5.41) is 16.8. The number of ether oxygens (including phenoxy) is 2. The lowest BCUT2D eigenvalue weighted by molar-refractivity contribution is 0.0701. The number of pyridine rings is 1. The first-order valence-corrected chi connectivity index (χ1v) is 10.3. The monoisotopic (exact) mass is 452 g/mol. The molecule has 0 amide bonds. The molecule has 0 aliphatic rings. The molecule has 3 N–H and O–H groups in total. The molecule has 0 saturated carbocycles. The van der Waals surface area contributed by atoms with Crippen LogP contribution in [-0.4, -0.2) is 45.2 Å². The number of hydrogen-bond acceptors (Lipinski definition) is 10. The molecule has 0 fully saturated rings. The molecule has 0 bridgehead atoms. The highest BCUT2D eigenvalue weighted by Crippen LogP contribution is 2.35. The molecule has 3 heterocycles. The Hall–Kier alpha value is -3.99. The molecule has 0 radical (unpaired) electrons. The van der Waals surface area contributed by atoms with Gasteiger partial charge in [-0.05, 0) is 30.7 Å². The van der Waals surface area contributed by atoms with Gasteiger partial charge < -0.3 is 19.9 Å². The number of fused-ring (bicyclic) bond motifs is 1. The zero-order chi connectivity index (χ0) is 22.7. The van der Waals surface area contributed by atoms with Crippen molar-refractivity contribution in [3.8, 4) is 11.5 Å². The molecule has 0 aliphatic heterocycles. The summed E-state index contributed by atoms with van der Waals surface area (Å²) >= 11 is 1.02. The van der Waals surface area contributed by atoms with Crippen molar-refractivity contribution in [2.75, 3.05) is 24.9 Å². The Balaban J connectivity index is 1.75. The van der Waals surface area contributed by atoms with Crippen molar-refractivity contribution in [1.82, 2.24) is 19.9 Å². The van der Waals surface area contributed by atoms with E-state index in [1.807, 2.05) is 18.2 Å². The minimum absolute atomic E-state index is 0.163. The van der Waals surface area contributed by atoms with E-state index in [2.05, 4.69) is 30.6 Å². The Morgan fingerprint density at radius 3 is 2.47 bits per heavy atom. The number of carboxylic acids is 1. The lowest BCUT2D eigenvalue weighted by Crippen LogP contribution is -2.06. The third-order valence-corrected chi connectivity index (χ3v) is 5.68. The van der Waals surface area contributed by atoms with E-state index in [1.165, 1.54) is 0 Å². The van der Waals surface area contributed by atoms with Gasteiger partial charge in [0.1, 0.15) is 10.7 Å². The van der Waals surface area contributed by atoms with Gasteiger partial charge in [-0.25, -0.2) is 14.8 Å². The van der Waals surface area contributed by atoms with Crippen LogP contribution in [0, 0.1) is 6.92 Å².